The number of hydrogen-bond donors (Lipinski definition) is 2. The smallest absolute Gasteiger partial charge is 0.339 e. The van der Waals surface area contributed by atoms with Gasteiger partial charge in [-0.3, -0.25) is 0 Å². The van der Waals surface area contributed by atoms with Crippen LogP contribution in [0.25, 0.3) is 0 Å². The van der Waals surface area contributed by atoms with Gasteiger partial charge in [-0.25, -0.2) is 10.2 Å². The summed E-state index contributed by atoms with van der Waals surface area (Å²) in [7, 11) is 3.09. The van der Waals surface area contributed by atoms with Crippen LogP contribution in [-0.4, -0.2) is 26.5 Å². The Morgan fingerprint density at radius 2 is 1.65 bits per heavy atom. The second-order valence-electron chi connectivity index (χ2n) is 6.36. The Hall–Kier alpha value is -3.71. The Balaban J connectivity index is 1.66. The van der Waals surface area contributed by atoms with Crippen LogP contribution in [0.1, 0.15) is 11.1 Å². The zero-order chi connectivity index (χ0) is 22.1. The normalized spacial score (nSPS) is 10.5. The van der Waals surface area contributed by atoms with Gasteiger partial charge in [0.05, 0.1) is 20.4 Å². The van der Waals surface area contributed by atoms with Crippen LogP contribution in [0.15, 0.2) is 71.8 Å². The van der Waals surface area contributed by atoms with Crippen molar-refractivity contribution in [2.75, 3.05) is 19.5 Å². The van der Waals surface area contributed by atoms with Gasteiger partial charge < -0.3 is 19.5 Å². The van der Waals surface area contributed by atoms with Crippen LogP contribution in [0, 0.1) is 0 Å². The maximum absolute atomic E-state index is 12.0. The molecule has 0 fully saturated rings. The third kappa shape index (κ3) is 6.38. The quantitative estimate of drug-likeness (QED) is 0.378. The molecule has 0 aliphatic rings. The summed E-state index contributed by atoms with van der Waals surface area (Å²) in [5.74, 6) is 1.46. The summed E-state index contributed by atoms with van der Waals surface area (Å²) < 4.78 is 16.8. The Morgan fingerprint density at radius 3 is 2.26 bits per heavy atom. The van der Waals surface area contributed by atoms with Gasteiger partial charge in [0.2, 0.25) is 5.75 Å². The predicted octanol–water partition coefficient (Wildman–Crippen LogP) is 5.09. The number of nitrogens with one attached hydrogen (secondary N) is 2. The average Bonchev–Trinajstić information content (AvgIpc) is 2.79. The van der Waals surface area contributed by atoms with Crippen molar-refractivity contribution in [3.63, 3.8) is 0 Å². The number of rotatable bonds is 8. The van der Waals surface area contributed by atoms with Gasteiger partial charge in [0, 0.05) is 16.3 Å². The molecule has 0 saturated heterocycles. The number of nitrogens with zero attached hydrogens (tertiary/aromatic N) is 1. The van der Waals surface area contributed by atoms with Gasteiger partial charge in [-0.1, -0.05) is 41.9 Å². The summed E-state index contributed by atoms with van der Waals surface area (Å²) in [4.78, 5) is 12.0. The summed E-state index contributed by atoms with van der Waals surface area (Å²) in [6.07, 6.45) is 1.48. The van der Waals surface area contributed by atoms with Crippen molar-refractivity contribution in [1.82, 2.24) is 5.43 Å². The van der Waals surface area contributed by atoms with Gasteiger partial charge in [0.25, 0.3) is 0 Å². The fraction of sp³-hybridized carbons (Fsp3) is 0.130. The molecule has 3 aromatic carbocycles. The molecule has 31 heavy (non-hydrogen) atoms. The molecule has 0 bridgehead atoms. The Kier molecular flexibility index (Phi) is 7.73. The van der Waals surface area contributed by atoms with Gasteiger partial charge >= 0.3 is 6.03 Å². The van der Waals surface area contributed by atoms with Crippen LogP contribution < -0.4 is 25.0 Å². The number of benzene rings is 3. The molecule has 8 heteroatoms. The number of carbonyl (C=O) groups is 1. The fourth-order valence-electron chi connectivity index (χ4n) is 2.70. The fourth-order valence-corrected chi connectivity index (χ4v) is 2.83. The van der Waals surface area contributed by atoms with E-state index in [-0.39, 0.29) is 0 Å². The molecule has 2 N–H and O–H groups in total. The van der Waals surface area contributed by atoms with Gasteiger partial charge in [0.15, 0.2) is 11.5 Å². The molecule has 2 amide bonds. The van der Waals surface area contributed by atoms with E-state index in [1.165, 1.54) is 6.21 Å². The standard InChI is InChI=1S/C23H22ClN3O4/c1-29-20-12-17(14-25-27-23(28)26-19-10-8-18(24)9-11-19)13-21(30-2)22(20)31-15-16-6-4-3-5-7-16/h3-14H,15H2,1-2H3,(H2,26,27,28)/b25-14-. The lowest BCUT2D eigenvalue weighted by Gasteiger charge is -2.15. The number of ether oxygens (including phenoxy) is 3. The van der Waals surface area contributed by atoms with Crippen LogP contribution in [-0.2, 0) is 6.61 Å². The van der Waals surface area contributed by atoms with Crippen molar-refractivity contribution in [1.29, 1.82) is 0 Å². The molecule has 160 valence electrons. The largest absolute Gasteiger partial charge is 0.493 e. The van der Waals surface area contributed by atoms with Gasteiger partial charge in [0.1, 0.15) is 6.61 Å². The molecule has 0 saturated carbocycles. The SMILES string of the molecule is COc1cc(/C=N\NC(=O)Nc2ccc(Cl)cc2)cc(OC)c1OCc1ccccc1. The minimum Gasteiger partial charge on any atom is -0.493 e. The summed E-state index contributed by atoms with van der Waals surface area (Å²) in [5.41, 5.74) is 4.68. The van der Waals surface area contributed by atoms with Crippen molar-refractivity contribution in [3.8, 4) is 17.2 Å². The average molecular weight is 440 g/mol. The Bertz CT molecular complexity index is 1020. The van der Waals surface area contributed by atoms with Crippen LogP contribution >= 0.6 is 11.6 Å². The van der Waals surface area contributed by atoms with E-state index in [4.69, 9.17) is 25.8 Å². The number of amides is 2. The lowest BCUT2D eigenvalue weighted by Crippen LogP contribution is -2.24. The first-order chi connectivity index (χ1) is 15.1. The number of methoxy groups -OCH3 is 2. The van der Waals surface area contributed by atoms with Crippen LogP contribution in [0.2, 0.25) is 5.02 Å². The van der Waals surface area contributed by atoms with E-state index in [0.29, 0.717) is 40.1 Å². The highest BCUT2D eigenvalue weighted by Crippen LogP contribution is 2.38. The number of anilines is 1. The monoisotopic (exact) mass is 439 g/mol. The molecule has 0 heterocycles. The second kappa shape index (κ2) is 10.9. The zero-order valence-corrected chi connectivity index (χ0v) is 17.8. The number of urea groups is 1. The molecule has 0 aliphatic carbocycles. The topological polar surface area (TPSA) is 81.2 Å². The molecule has 0 atom stereocenters. The van der Waals surface area contributed by atoms with Crippen molar-refractivity contribution in [3.05, 3.63) is 82.9 Å². The molecule has 0 spiro atoms. The lowest BCUT2D eigenvalue weighted by molar-refractivity contribution is 0.252. The van der Waals surface area contributed by atoms with Crippen molar-refractivity contribution in [2.45, 2.75) is 6.61 Å². The maximum atomic E-state index is 12.0. The molecule has 0 aliphatic heterocycles. The van der Waals surface area contributed by atoms with Crippen LogP contribution in [0.3, 0.4) is 0 Å². The summed E-state index contributed by atoms with van der Waals surface area (Å²) >= 11 is 5.83. The van der Waals surface area contributed by atoms with Gasteiger partial charge in [-0.05, 0) is 42.0 Å². The predicted molar refractivity (Wildman–Crippen MR) is 122 cm³/mol. The van der Waals surface area contributed by atoms with E-state index >= 15 is 0 Å². The number of hydrogen-bond acceptors (Lipinski definition) is 5. The molecular formula is C23H22ClN3O4. The Morgan fingerprint density at radius 1 is 1.00 bits per heavy atom. The molecule has 3 rings (SSSR count). The molecule has 0 aromatic heterocycles. The Labute approximate surface area is 185 Å². The first kappa shape index (κ1) is 22.0. The number of halogens is 1. The minimum absolute atomic E-state index is 0.368. The van der Waals surface area contributed by atoms with Crippen molar-refractivity contribution in [2.24, 2.45) is 5.10 Å². The van der Waals surface area contributed by atoms with Crippen molar-refractivity contribution >= 4 is 29.5 Å². The highest BCUT2D eigenvalue weighted by Gasteiger charge is 2.14. The van der Waals surface area contributed by atoms with Gasteiger partial charge in [-0.2, -0.15) is 5.10 Å². The number of carbonyl (C=O) groups excluding carboxylic acids is 1. The third-order valence-electron chi connectivity index (χ3n) is 4.19. The molecular weight excluding hydrogens is 418 g/mol. The minimum atomic E-state index is -0.486. The maximum Gasteiger partial charge on any atom is 0.339 e. The molecule has 0 radical (unpaired) electrons. The summed E-state index contributed by atoms with van der Waals surface area (Å²) in [6, 6.07) is 19.5. The van der Waals surface area contributed by atoms with Crippen LogP contribution in [0.4, 0.5) is 10.5 Å². The van der Waals surface area contributed by atoms with E-state index in [2.05, 4.69) is 15.8 Å². The van der Waals surface area contributed by atoms with Gasteiger partial charge in [-0.15, -0.1) is 0 Å². The number of hydrazone groups is 1. The third-order valence-corrected chi connectivity index (χ3v) is 4.44. The summed E-state index contributed by atoms with van der Waals surface area (Å²) in [6.45, 7) is 0.368. The van der Waals surface area contributed by atoms with E-state index in [9.17, 15) is 4.79 Å². The highest BCUT2D eigenvalue weighted by molar-refractivity contribution is 6.30. The molecule has 0 unspecified atom stereocenters. The summed E-state index contributed by atoms with van der Waals surface area (Å²) in [5, 5.41) is 7.20. The van der Waals surface area contributed by atoms with E-state index < -0.39 is 6.03 Å². The molecule has 3 aromatic rings. The van der Waals surface area contributed by atoms with E-state index in [0.717, 1.165) is 5.56 Å². The van der Waals surface area contributed by atoms with Crippen LogP contribution in [0.5, 0.6) is 17.2 Å². The van der Waals surface area contributed by atoms with E-state index in [1.54, 1.807) is 50.6 Å². The second-order valence-corrected chi connectivity index (χ2v) is 6.80. The van der Waals surface area contributed by atoms with E-state index in [1.807, 2.05) is 30.3 Å². The first-order valence-electron chi connectivity index (χ1n) is 9.37. The van der Waals surface area contributed by atoms with Crippen molar-refractivity contribution < 1.29 is 19.0 Å². The lowest BCUT2D eigenvalue weighted by atomic mass is 10.2. The highest BCUT2D eigenvalue weighted by atomic mass is 35.5. The first-order valence-corrected chi connectivity index (χ1v) is 9.75. The molecule has 7 nitrogen and oxygen atoms in total. The zero-order valence-electron chi connectivity index (χ0n) is 17.1.